The van der Waals surface area contributed by atoms with E-state index in [0.29, 0.717) is 6.42 Å². The van der Waals surface area contributed by atoms with E-state index < -0.39 is 0 Å². The minimum atomic E-state index is -0.315. The molecule has 1 amide bonds. The van der Waals surface area contributed by atoms with Gasteiger partial charge in [-0.1, -0.05) is 161 Å². The minimum Gasteiger partial charge on any atom is -0.461 e. The van der Waals surface area contributed by atoms with Crippen LogP contribution in [-0.4, -0.2) is 30.4 Å². The number of alkyl halides is 1. The van der Waals surface area contributed by atoms with Crippen LogP contribution in [0.1, 0.15) is 200 Å². The van der Waals surface area contributed by atoms with Crippen LogP contribution in [-0.2, 0) is 14.3 Å². The van der Waals surface area contributed by atoms with E-state index >= 15 is 0 Å². The molecule has 0 aliphatic rings. The monoisotopic (exact) mass is 626 g/mol. The van der Waals surface area contributed by atoms with E-state index in [4.69, 9.17) is 16.3 Å². The summed E-state index contributed by atoms with van der Waals surface area (Å²) < 4.78 is 5.49. The Labute approximate surface area is 273 Å². The van der Waals surface area contributed by atoms with Gasteiger partial charge in [-0.2, -0.15) is 0 Å². The molecule has 0 aromatic rings. The van der Waals surface area contributed by atoms with Crippen molar-refractivity contribution in [3.05, 3.63) is 12.2 Å². The lowest BCUT2D eigenvalue weighted by Crippen LogP contribution is -2.23. The van der Waals surface area contributed by atoms with Gasteiger partial charge in [0.2, 0.25) is 5.91 Å². The first-order valence-corrected chi connectivity index (χ1v) is 19.3. The summed E-state index contributed by atoms with van der Waals surface area (Å²) >= 11 is 5.61. The van der Waals surface area contributed by atoms with Gasteiger partial charge in [0.05, 0.1) is 0 Å². The molecule has 0 saturated heterocycles. The van der Waals surface area contributed by atoms with Crippen LogP contribution in [0.5, 0.6) is 0 Å². The highest BCUT2D eigenvalue weighted by molar-refractivity contribution is 6.26. The van der Waals surface area contributed by atoms with Crippen LogP contribution < -0.4 is 5.32 Å². The molecule has 0 aliphatic heterocycles. The molecule has 0 rings (SSSR count). The Morgan fingerprint density at radius 3 is 1.60 bits per heavy atom. The van der Waals surface area contributed by atoms with Crippen LogP contribution in [0.25, 0.3) is 0 Å². The van der Waals surface area contributed by atoms with Gasteiger partial charge in [-0.15, -0.1) is 11.6 Å². The molecule has 43 heavy (non-hydrogen) atoms. The zero-order chi connectivity index (χ0) is 31.5. The molecule has 1 N–H and O–H groups in total. The Bertz CT molecular complexity index is 624. The number of nitrogens with one attached hydrogen (secondary N) is 1. The standard InChI is InChI=1S/C38H72ClNO3/c1-3-5-7-9-10-11-12-13-14-15-16-17-20-23-26-30-34-40-37(41)33-29-25-22-19-18-21-24-28-32-36(43-38(42)35-39)31-27-8-6-4-2/h24,28,36H,3-23,25-27,29-35H2,1-2H3,(H,40,41). The van der Waals surface area contributed by atoms with Crippen molar-refractivity contribution >= 4 is 23.5 Å². The van der Waals surface area contributed by atoms with Gasteiger partial charge in [0.1, 0.15) is 12.0 Å². The fraction of sp³-hybridized carbons (Fsp3) is 0.895. The first-order valence-electron chi connectivity index (χ1n) is 18.8. The fourth-order valence-corrected chi connectivity index (χ4v) is 5.74. The molecule has 0 aromatic carbocycles. The van der Waals surface area contributed by atoms with Crippen LogP contribution in [0.3, 0.4) is 0 Å². The zero-order valence-corrected chi connectivity index (χ0v) is 29.5. The summed E-state index contributed by atoms with van der Waals surface area (Å²) in [6, 6.07) is 0. The van der Waals surface area contributed by atoms with E-state index in [1.54, 1.807) is 0 Å². The molecule has 0 radical (unpaired) electrons. The van der Waals surface area contributed by atoms with Gasteiger partial charge in [-0.05, 0) is 38.5 Å². The first-order chi connectivity index (χ1) is 21.1. The largest absolute Gasteiger partial charge is 0.461 e. The van der Waals surface area contributed by atoms with Gasteiger partial charge in [0.25, 0.3) is 0 Å². The lowest BCUT2D eigenvalue weighted by molar-refractivity contribution is -0.146. The zero-order valence-electron chi connectivity index (χ0n) is 28.8. The molecular formula is C38H72ClNO3. The molecule has 0 saturated carbocycles. The number of carbonyl (C=O) groups excluding carboxylic acids is 2. The highest BCUT2D eigenvalue weighted by Crippen LogP contribution is 2.15. The number of rotatable bonds is 34. The summed E-state index contributed by atoms with van der Waals surface area (Å²) in [7, 11) is 0. The molecule has 0 aliphatic carbocycles. The smallest absolute Gasteiger partial charge is 0.321 e. The molecule has 0 aromatic heterocycles. The molecule has 0 fully saturated rings. The molecule has 1 atom stereocenters. The first kappa shape index (κ1) is 42.0. The van der Waals surface area contributed by atoms with Crippen molar-refractivity contribution in [3.63, 3.8) is 0 Å². The number of amides is 1. The third-order valence-corrected chi connectivity index (χ3v) is 8.70. The lowest BCUT2D eigenvalue weighted by atomic mass is 10.0. The fourth-order valence-electron chi connectivity index (χ4n) is 5.67. The molecule has 5 heteroatoms. The predicted molar refractivity (Wildman–Crippen MR) is 188 cm³/mol. The van der Waals surface area contributed by atoms with E-state index in [-0.39, 0.29) is 23.9 Å². The number of esters is 1. The van der Waals surface area contributed by atoms with Crippen LogP contribution in [0.15, 0.2) is 12.2 Å². The number of unbranched alkanes of at least 4 members (excludes halogenated alkanes) is 23. The van der Waals surface area contributed by atoms with Crippen molar-refractivity contribution in [2.75, 3.05) is 12.4 Å². The van der Waals surface area contributed by atoms with Gasteiger partial charge in [0, 0.05) is 19.4 Å². The van der Waals surface area contributed by atoms with Crippen molar-refractivity contribution in [1.82, 2.24) is 5.32 Å². The van der Waals surface area contributed by atoms with Gasteiger partial charge < -0.3 is 10.1 Å². The van der Waals surface area contributed by atoms with Crippen LogP contribution in [0, 0.1) is 0 Å². The quantitative estimate of drug-likeness (QED) is 0.0335. The third kappa shape index (κ3) is 33.7. The Morgan fingerprint density at radius 1 is 0.605 bits per heavy atom. The Balaban J connectivity index is 3.46. The average Bonchev–Trinajstić information content (AvgIpc) is 3.01. The minimum absolute atomic E-state index is 0.0467. The number of hydrogen-bond acceptors (Lipinski definition) is 3. The summed E-state index contributed by atoms with van der Waals surface area (Å²) in [4.78, 5) is 23.7. The summed E-state index contributed by atoms with van der Waals surface area (Å²) in [5, 5.41) is 3.11. The molecule has 4 nitrogen and oxygen atoms in total. The van der Waals surface area contributed by atoms with E-state index in [2.05, 4.69) is 31.3 Å². The van der Waals surface area contributed by atoms with E-state index in [1.165, 1.54) is 135 Å². The maximum absolute atomic E-state index is 12.1. The second-order valence-corrected chi connectivity index (χ2v) is 13.0. The molecule has 254 valence electrons. The van der Waals surface area contributed by atoms with E-state index in [9.17, 15) is 9.59 Å². The maximum Gasteiger partial charge on any atom is 0.321 e. The van der Waals surface area contributed by atoms with Crippen molar-refractivity contribution in [1.29, 1.82) is 0 Å². The van der Waals surface area contributed by atoms with E-state index in [0.717, 1.165) is 51.5 Å². The van der Waals surface area contributed by atoms with Crippen molar-refractivity contribution in [2.24, 2.45) is 0 Å². The Kier molecular flexibility index (Phi) is 34.6. The van der Waals surface area contributed by atoms with Crippen molar-refractivity contribution in [3.8, 4) is 0 Å². The van der Waals surface area contributed by atoms with Gasteiger partial charge in [-0.3, -0.25) is 9.59 Å². The van der Waals surface area contributed by atoms with Gasteiger partial charge in [0.15, 0.2) is 0 Å². The number of ether oxygens (including phenoxy) is 1. The summed E-state index contributed by atoms with van der Waals surface area (Å²) in [5.41, 5.74) is 0. The third-order valence-electron chi connectivity index (χ3n) is 8.48. The number of carbonyl (C=O) groups is 2. The van der Waals surface area contributed by atoms with Crippen molar-refractivity contribution in [2.45, 2.75) is 206 Å². The second-order valence-electron chi connectivity index (χ2n) is 12.8. The predicted octanol–water partition coefficient (Wildman–Crippen LogP) is 12.2. The topological polar surface area (TPSA) is 55.4 Å². The maximum atomic E-state index is 12.1. The summed E-state index contributed by atoms with van der Waals surface area (Å²) in [6.45, 7) is 5.33. The summed E-state index contributed by atoms with van der Waals surface area (Å²) in [6.07, 6.45) is 40.2. The lowest BCUT2D eigenvalue weighted by Gasteiger charge is -2.15. The van der Waals surface area contributed by atoms with Gasteiger partial charge >= 0.3 is 5.97 Å². The molecule has 1 unspecified atom stereocenters. The molecular weight excluding hydrogens is 554 g/mol. The normalized spacial score (nSPS) is 12.2. The Hall–Kier alpha value is -1.03. The van der Waals surface area contributed by atoms with Crippen molar-refractivity contribution < 1.29 is 14.3 Å². The number of halogens is 1. The van der Waals surface area contributed by atoms with Crippen LogP contribution in [0.2, 0.25) is 0 Å². The SMILES string of the molecule is CCCCCCCCCCCCCCCCCCNC(=O)CCCCCCCC=CCC(CCCCCC)OC(=O)CCl. The van der Waals surface area contributed by atoms with E-state index in [1.807, 2.05) is 0 Å². The van der Waals surface area contributed by atoms with Crippen LogP contribution >= 0.6 is 11.6 Å². The van der Waals surface area contributed by atoms with Crippen LogP contribution in [0.4, 0.5) is 0 Å². The second kappa shape index (κ2) is 35.4. The number of allylic oxidation sites excluding steroid dienone is 1. The molecule has 0 bridgehead atoms. The molecule has 0 spiro atoms. The highest BCUT2D eigenvalue weighted by Gasteiger charge is 2.12. The summed E-state index contributed by atoms with van der Waals surface area (Å²) in [5.74, 6) is -0.163. The highest BCUT2D eigenvalue weighted by atomic mass is 35.5. The molecule has 0 heterocycles. The average molecular weight is 626 g/mol. The Morgan fingerprint density at radius 2 is 1.07 bits per heavy atom. The van der Waals surface area contributed by atoms with Gasteiger partial charge in [-0.25, -0.2) is 0 Å². The number of hydrogen-bond donors (Lipinski definition) is 1.